The Balaban J connectivity index is 2.43. The van der Waals surface area contributed by atoms with Crippen LogP contribution in [-0.4, -0.2) is 31.6 Å². The van der Waals surface area contributed by atoms with E-state index in [0.29, 0.717) is 17.6 Å². The van der Waals surface area contributed by atoms with E-state index in [9.17, 15) is 4.39 Å². The predicted molar refractivity (Wildman–Crippen MR) is 66.3 cm³/mol. The number of nitrogens with one attached hydrogen (secondary N) is 1. The summed E-state index contributed by atoms with van der Waals surface area (Å²) in [6.07, 6.45) is 0. The lowest BCUT2D eigenvalue weighted by atomic mass is 10.2. The summed E-state index contributed by atoms with van der Waals surface area (Å²) < 4.78 is 13.0. The third kappa shape index (κ3) is 4.47. The average molecular weight is 245 g/mol. The average Bonchev–Trinajstić information content (AvgIpc) is 2.15. The first kappa shape index (κ1) is 13.4. The van der Waals surface area contributed by atoms with E-state index in [1.165, 1.54) is 12.1 Å². The van der Waals surface area contributed by atoms with Crippen LogP contribution in [0.1, 0.15) is 12.5 Å². The zero-order chi connectivity index (χ0) is 12.1. The molecule has 0 radical (unpaired) electrons. The van der Waals surface area contributed by atoms with Crippen molar-refractivity contribution in [3.05, 3.63) is 34.6 Å². The standard InChI is InChI=1S/C12H18ClFN2/c1-9(16(2)3)7-15-8-10-4-11(13)6-12(14)5-10/h4-6,9,15H,7-8H2,1-3H3. The summed E-state index contributed by atoms with van der Waals surface area (Å²) in [5.41, 5.74) is 0.871. The highest BCUT2D eigenvalue weighted by Crippen LogP contribution is 2.13. The van der Waals surface area contributed by atoms with Gasteiger partial charge in [-0.1, -0.05) is 11.6 Å². The molecular weight excluding hydrogens is 227 g/mol. The van der Waals surface area contributed by atoms with Crippen LogP contribution >= 0.6 is 11.6 Å². The molecule has 1 rings (SSSR count). The third-order valence-electron chi connectivity index (χ3n) is 2.57. The predicted octanol–water partition coefficient (Wildman–Crippen LogP) is 2.52. The van der Waals surface area contributed by atoms with E-state index in [4.69, 9.17) is 11.6 Å². The molecule has 0 amide bonds. The number of likely N-dealkylation sites (N-methyl/N-ethyl adjacent to an activating group) is 1. The van der Waals surface area contributed by atoms with Crippen LogP contribution in [0.15, 0.2) is 18.2 Å². The lowest BCUT2D eigenvalue weighted by Gasteiger charge is -2.20. The largest absolute Gasteiger partial charge is 0.311 e. The topological polar surface area (TPSA) is 15.3 Å². The van der Waals surface area contributed by atoms with Gasteiger partial charge in [-0.2, -0.15) is 0 Å². The smallest absolute Gasteiger partial charge is 0.125 e. The van der Waals surface area contributed by atoms with Gasteiger partial charge >= 0.3 is 0 Å². The second-order valence-corrected chi connectivity index (χ2v) is 4.66. The van der Waals surface area contributed by atoms with Crippen molar-refractivity contribution in [1.82, 2.24) is 10.2 Å². The first-order valence-corrected chi connectivity index (χ1v) is 5.69. The molecule has 1 aromatic rings. The molecule has 1 atom stereocenters. The lowest BCUT2D eigenvalue weighted by molar-refractivity contribution is 0.302. The van der Waals surface area contributed by atoms with Crippen molar-refractivity contribution in [3.63, 3.8) is 0 Å². The van der Waals surface area contributed by atoms with Crippen LogP contribution in [0.3, 0.4) is 0 Å². The third-order valence-corrected chi connectivity index (χ3v) is 2.79. The number of hydrogen-bond acceptors (Lipinski definition) is 2. The molecule has 0 aliphatic carbocycles. The van der Waals surface area contributed by atoms with Gasteiger partial charge in [0.15, 0.2) is 0 Å². The minimum absolute atomic E-state index is 0.287. The van der Waals surface area contributed by atoms with Gasteiger partial charge in [-0.05, 0) is 44.8 Å². The number of halogens is 2. The van der Waals surface area contributed by atoms with E-state index in [0.717, 1.165) is 12.1 Å². The molecule has 1 N–H and O–H groups in total. The molecule has 4 heteroatoms. The van der Waals surface area contributed by atoms with E-state index < -0.39 is 0 Å². The summed E-state index contributed by atoms with van der Waals surface area (Å²) in [4.78, 5) is 2.13. The number of nitrogens with zero attached hydrogens (tertiary/aromatic N) is 1. The van der Waals surface area contributed by atoms with Crippen molar-refractivity contribution in [3.8, 4) is 0 Å². The maximum atomic E-state index is 13.0. The second-order valence-electron chi connectivity index (χ2n) is 4.22. The van der Waals surface area contributed by atoms with Gasteiger partial charge in [0, 0.05) is 24.2 Å². The molecule has 0 saturated carbocycles. The number of benzene rings is 1. The number of rotatable bonds is 5. The molecule has 0 heterocycles. The van der Waals surface area contributed by atoms with E-state index >= 15 is 0 Å². The zero-order valence-corrected chi connectivity index (χ0v) is 10.7. The fourth-order valence-corrected chi connectivity index (χ4v) is 1.57. The zero-order valence-electron chi connectivity index (χ0n) is 9.93. The highest BCUT2D eigenvalue weighted by atomic mass is 35.5. The summed E-state index contributed by atoms with van der Waals surface area (Å²) in [6.45, 7) is 3.63. The van der Waals surface area contributed by atoms with Crippen LogP contribution < -0.4 is 5.32 Å². The van der Waals surface area contributed by atoms with Gasteiger partial charge in [0.1, 0.15) is 5.82 Å². The van der Waals surface area contributed by atoms with Crippen molar-refractivity contribution >= 4 is 11.6 Å². The molecular formula is C12H18ClFN2. The van der Waals surface area contributed by atoms with Crippen LogP contribution in [0.4, 0.5) is 4.39 Å². The summed E-state index contributed by atoms with van der Waals surface area (Å²) in [5, 5.41) is 3.71. The fourth-order valence-electron chi connectivity index (χ4n) is 1.32. The Morgan fingerprint density at radius 1 is 1.38 bits per heavy atom. The molecule has 0 fully saturated rings. The number of hydrogen-bond donors (Lipinski definition) is 1. The van der Waals surface area contributed by atoms with E-state index in [2.05, 4.69) is 17.1 Å². The molecule has 1 unspecified atom stereocenters. The van der Waals surface area contributed by atoms with Gasteiger partial charge in [-0.15, -0.1) is 0 Å². The minimum atomic E-state index is -0.287. The first-order chi connectivity index (χ1) is 7.49. The Kier molecular flexibility index (Phi) is 5.19. The molecule has 0 aliphatic rings. The summed E-state index contributed by atoms with van der Waals surface area (Å²) in [6, 6.07) is 5.04. The molecule has 0 saturated heterocycles. The summed E-state index contributed by atoms with van der Waals surface area (Å²) in [7, 11) is 4.07. The Labute approximate surface area is 101 Å². The summed E-state index contributed by atoms with van der Waals surface area (Å²) >= 11 is 5.77. The lowest BCUT2D eigenvalue weighted by Crippen LogP contribution is -2.35. The first-order valence-electron chi connectivity index (χ1n) is 5.31. The molecule has 90 valence electrons. The Morgan fingerprint density at radius 3 is 2.62 bits per heavy atom. The maximum Gasteiger partial charge on any atom is 0.125 e. The maximum absolute atomic E-state index is 13.0. The van der Waals surface area contributed by atoms with Gasteiger partial charge in [-0.3, -0.25) is 0 Å². The quantitative estimate of drug-likeness (QED) is 0.856. The molecule has 1 aromatic carbocycles. The van der Waals surface area contributed by atoms with Crippen molar-refractivity contribution in [2.45, 2.75) is 19.5 Å². The SMILES string of the molecule is CC(CNCc1cc(F)cc(Cl)c1)N(C)C. The Bertz CT molecular complexity index is 322. The van der Waals surface area contributed by atoms with Gasteiger partial charge in [-0.25, -0.2) is 4.39 Å². The minimum Gasteiger partial charge on any atom is -0.311 e. The second kappa shape index (κ2) is 6.18. The molecule has 2 nitrogen and oxygen atoms in total. The highest BCUT2D eigenvalue weighted by Gasteiger charge is 2.04. The summed E-state index contributed by atoms with van der Waals surface area (Å²) in [5.74, 6) is -0.287. The molecule has 0 spiro atoms. The van der Waals surface area contributed by atoms with Crippen LogP contribution in [0.25, 0.3) is 0 Å². The van der Waals surface area contributed by atoms with Crippen molar-refractivity contribution in [2.75, 3.05) is 20.6 Å². The van der Waals surface area contributed by atoms with Crippen molar-refractivity contribution in [2.24, 2.45) is 0 Å². The van der Waals surface area contributed by atoms with Crippen LogP contribution in [0, 0.1) is 5.82 Å². The van der Waals surface area contributed by atoms with E-state index in [1.54, 1.807) is 6.07 Å². The van der Waals surface area contributed by atoms with E-state index in [-0.39, 0.29) is 5.82 Å². The molecule has 0 aromatic heterocycles. The van der Waals surface area contributed by atoms with Crippen LogP contribution in [0.2, 0.25) is 5.02 Å². The van der Waals surface area contributed by atoms with Crippen LogP contribution in [-0.2, 0) is 6.54 Å². The Hall–Kier alpha value is -0.640. The van der Waals surface area contributed by atoms with E-state index in [1.807, 2.05) is 14.1 Å². The monoisotopic (exact) mass is 244 g/mol. The Morgan fingerprint density at radius 2 is 2.06 bits per heavy atom. The molecule has 0 bridgehead atoms. The van der Waals surface area contributed by atoms with Gasteiger partial charge in [0.05, 0.1) is 0 Å². The van der Waals surface area contributed by atoms with Crippen molar-refractivity contribution < 1.29 is 4.39 Å². The van der Waals surface area contributed by atoms with Gasteiger partial charge in [0.25, 0.3) is 0 Å². The van der Waals surface area contributed by atoms with Crippen molar-refractivity contribution in [1.29, 1.82) is 0 Å². The highest BCUT2D eigenvalue weighted by molar-refractivity contribution is 6.30. The van der Waals surface area contributed by atoms with Gasteiger partial charge in [0.2, 0.25) is 0 Å². The van der Waals surface area contributed by atoms with Gasteiger partial charge < -0.3 is 10.2 Å². The normalized spacial score (nSPS) is 13.1. The molecule has 0 aliphatic heterocycles. The van der Waals surface area contributed by atoms with Crippen LogP contribution in [0.5, 0.6) is 0 Å². The fraction of sp³-hybridized carbons (Fsp3) is 0.500. The molecule has 16 heavy (non-hydrogen) atoms.